The van der Waals surface area contributed by atoms with Gasteiger partial charge < -0.3 is 4.90 Å². The van der Waals surface area contributed by atoms with E-state index in [0.29, 0.717) is 0 Å². The molecule has 2 heteroatoms. The Kier molecular flexibility index (Phi) is 3.27. The van der Waals surface area contributed by atoms with Crippen molar-refractivity contribution in [1.29, 1.82) is 0 Å². The summed E-state index contributed by atoms with van der Waals surface area (Å²) in [6.45, 7) is 0. The topological polar surface area (TPSA) is 16.1 Å². The van der Waals surface area contributed by atoms with E-state index in [1.165, 1.54) is 83.8 Å². The quantitative estimate of drug-likeness (QED) is 0.240. The summed E-state index contributed by atoms with van der Waals surface area (Å²) in [5, 5.41) is 0. The number of hydrogen-bond donors (Lipinski definition) is 0. The second-order valence-corrected chi connectivity index (χ2v) is 10.4. The van der Waals surface area contributed by atoms with Crippen LogP contribution in [-0.2, 0) is 25.7 Å². The van der Waals surface area contributed by atoms with E-state index in [1.807, 2.05) is 0 Å². The number of anilines is 3. The maximum Gasteiger partial charge on any atom is 0.0563 e. The smallest absolute Gasteiger partial charge is 0.0563 e. The van der Waals surface area contributed by atoms with E-state index in [0.717, 1.165) is 25.7 Å². The van der Waals surface area contributed by atoms with E-state index >= 15 is 0 Å². The molecule has 0 unspecified atom stereocenters. The number of rotatable bonds is 0. The summed E-state index contributed by atoms with van der Waals surface area (Å²) in [5.41, 5.74) is 21.2. The molecule has 5 aromatic rings. The lowest BCUT2D eigenvalue weighted by atomic mass is 9.86. The van der Waals surface area contributed by atoms with Crippen molar-refractivity contribution < 1.29 is 0 Å². The van der Waals surface area contributed by atoms with Gasteiger partial charge in [0.1, 0.15) is 0 Å². The number of pyridine rings is 1. The van der Waals surface area contributed by atoms with Gasteiger partial charge in [0, 0.05) is 30.9 Å². The lowest BCUT2D eigenvalue weighted by molar-refractivity contribution is 0.984. The van der Waals surface area contributed by atoms with Gasteiger partial charge in [-0.2, -0.15) is 0 Å². The van der Waals surface area contributed by atoms with Gasteiger partial charge in [0.2, 0.25) is 0 Å². The molecule has 0 radical (unpaired) electrons. The van der Waals surface area contributed by atoms with Gasteiger partial charge in [-0.05, 0) is 97.8 Å². The minimum absolute atomic E-state index is 0.945. The van der Waals surface area contributed by atoms with Crippen LogP contribution in [0.15, 0.2) is 85.2 Å². The van der Waals surface area contributed by atoms with E-state index in [1.54, 1.807) is 0 Å². The minimum atomic E-state index is 0.945. The number of nitrogens with zero attached hydrogens (tertiary/aromatic N) is 2. The van der Waals surface area contributed by atoms with E-state index in [4.69, 9.17) is 0 Å². The largest absolute Gasteiger partial charge is 0.309 e. The molecule has 2 aliphatic carbocycles. The number of para-hydroxylation sites is 1. The summed E-state index contributed by atoms with van der Waals surface area (Å²) in [6, 6.07) is 27.6. The third-order valence-electron chi connectivity index (χ3n) is 8.56. The van der Waals surface area contributed by atoms with Gasteiger partial charge in [0.15, 0.2) is 0 Å². The van der Waals surface area contributed by atoms with Gasteiger partial charge in [-0.3, -0.25) is 4.98 Å². The molecule has 0 spiro atoms. The van der Waals surface area contributed by atoms with Crippen molar-refractivity contribution in [2.75, 3.05) is 4.90 Å². The summed E-state index contributed by atoms with van der Waals surface area (Å²) in [7, 11) is 0. The molecule has 4 aromatic carbocycles. The lowest BCUT2D eigenvalue weighted by Gasteiger charge is -2.39. The molecule has 4 aliphatic rings. The van der Waals surface area contributed by atoms with Crippen molar-refractivity contribution in [2.45, 2.75) is 25.7 Å². The molecule has 164 valence electrons. The van der Waals surface area contributed by atoms with Crippen molar-refractivity contribution in [3.8, 4) is 22.3 Å². The molecule has 0 bridgehead atoms. The van der Waals surface area contributed by atoms with Crippen LogP contribution in [0.2, 0.25) is 0 Å². The first-order chi connectivity index (χ1) is 17.3. The highest BCUT2D eigenvalue weighted by molar-refractivity contribution is 5.94. The van der Waals surface area contributed by atoms with Crippen molar-refractivity contribution in [1.82, 2.24) is 4.98 Å². The Hall–Kier alpha value is -4.17. The number of aromatic nitrogens is 1. The fourth-order valence-corrected chi connectivity index (χ4v) is 7.10. The zero-order valence-electron chi connectivity index (χ0n) is 19.3. The third kappa shape index (κ3) is 2.27. The molecule has 35 heavy (non-hydrogen) atoms. The second-order valence-electron chi connectivity index (χ2n) is 10.4. The first kappa shape index (κ1) is 18.2. The van der Waals surface area contributed by atoms with Crippen LogP contribution in [-0.4, -0.2) is 4.98 Å². The van der Waals surface area contributed by atoms with E-state index in [2.05, 4.69) is 95.1 Å². The zero-order valence-corrected chi connectivity index (χ0v) is 19.3. The first-order valence-electron chi connectivity index (χ1n) is 12.6. The predicted octanol–water partition coefficient (Wildman–Crippen LogP) is 7.50. The monoisotopic (exact) mass is 446 g/mol. The van der Waals surface area contributed by atoms with Crippen LogP contribution in [0.25, 0.3) is 22.3 Å². The Morgan fingerprint density at radius 2 is 1.29 bits per heavy atom. The van der Waals surface area contributed by atoms with Gasteiger partial charge in [0.05, 0.1) is 11.4 Å². The number of fused-ring (bicyclic) bond motifs is 11. The van der Waals surface area contributed by atoms with Crippen molar-refractivity contribution in [2.24, 2.45) is 0 Å². The Labute approximate surface area is 204 Å². The summed E-state index contributed by atoms with van der Waals surface area (Å²) < 4.78 is 0. The summed E-state index contributed by atoms with van der Waals surface area (Å²) in [5.74, 6) is 0. The Morgan fingerprint density at radius 1 is 0.514 bits per heavy atom. The van der Waals surface area contributed by atoms with Crippen LogP contribution in [0.3, 0.4) is 0 Å². The minimum Gasteiger partial charge on any atom is -0.309 e. The van der Waals surface area contributed by atoms with E-state index in [-0.39, 0.29) is 0 Å². The van der Waals surface area contributed by atoms with Crippen LogP contribution < -0.4 is 4.90 Å². The molecular weight excluding hydrogens is 424 g/mol. The molecule has 9 rings (SSSR count). The zero-order chi connectivity index (χ0) is 22.7. The maximum atomic E-state index is 4.63. The van der Waals surface area contributed by atoms with Crippen molar-refractivity contribution in [3.05, 3.63) is 130 Å². The second kappa shape index (κ2) is 6.28. The Balaban J connectivity index is 1.27. The average Bonchev–Trinajstić information content (AvgIpc) is 3.45. The van der Waals surface area contributed by atoms with Gasteiger partial charge in [-0.1, -0.05) is 54.6 Å². The third-order valence-corrected chi connectivity index (χ3v) is 8.56. The van der Waals surface area contributed by atoms with Crippen LogP contribution >= 0.6 is 0 Å². The lowest BCUT2D eigenvalue weighted by Crippen LogP contribution is -2.25. The SMILES string of the molecule is c1ccc2c(c1)Cc1ccc3c(c1-2)Cc1cc2c(cc1-3)Cc1cncc3c1N2c1ccccc1C3. The molecule has 0 N–H and O–H groups in total. The summed E-state index contributed by atoms with van der Waals surface area (Å²) in [6.07, 6.45) is 8.12. The Morgan fingerprint density at radius 3 is 2.20 bits per heavy atom. The summed E-state index contributed by atoms with van der Waals surface area (Å²) >= 11 is 0. The highest BCUT2D eigenvalue weighted by Crippen LogP contribution is 2.53. The molecule has 0 saturated heterocycles. The molecule has 1 aromatic heterocycles. The molecule has 0 amide bonds. The van der Waals surface area contributed by atoms with Gasteiger partial charge >= 0.3 is 0 Å². The molecule has 0 atom stereocenters. The Bertz CT molecular complexity index is 1760. The van der Waals surface area contributed by atoms with Crippen LogP contribution in [0.5, 0.6) is 0 Å². The van der Waals surface area contributed by atoms with Crippen LogP contribution in [0.1, 0.15) is 44.5 Å². The van der Waals surface area contributed by atoms with Gasteiger partial charge in [-0.15, -0.1) is 0 Å². The van der Waals surface area contributed by atoms with E-state index < -0.39 is 0 Å². The van der Waals surface area contributed by atoms with Gasteiger partial charge in [-0.25, -0.2) is 0 Å². The standard InChI is InChI=1S/C33H22N2/c1-3-7-26-19(5-1)11-21-9-10-27-28-15-23-13-25-18-34-17-24-12-20-6-2-4-8-30(20)35(33(24)25)31(23)16-22(28)14-29(27)32(21)26/h1-10,15-18H,11-14H2. The molecule has 0 fully saturated rings. The van der Waals surface area contributed by atoms with Crippen molar-refractivity contribution in [3.63, 3.8) is 0 Å². The predicted molar refractivity (Wildman–Crippen MR) is 141 cm³/mol. The van der Waals surface area contributed by atoms with Gasteiger partial charge in [0.25, 0.3) is 0 Å². The number of benzene rings is 4. The fourth-order valence-electron chi connectivity index (χ4n) is 7.10. The maximum absolute atomic E-state index is 4.63. The highest BCUT2D eigenvalue weighted by Gasteiger charge is 2.34. The number of hydrogen-bond acceptors (Lipinski definition) is 2. The van der Waals surface area contributed by atoms with Crippen molar-refractivity contribution >= 4 is 17.1 Å². The molecule has 2 nitrogen and oxygen atoms in total. The molecule has 0 saturated carbocycles. The van der Waals surface area contributed by atoms with Crippen LogP contribution in [0, 0.1) is 0 Å². The van der Waals surface area contributed by atoms with Crippen LogP contribution in [0.4, 0.5) is 17.1 Å². The molecule has 2 aliphatic heterocycles. The fraction of sp³-hybridized carbons (Fsp3) is 0.121. The molecular formula is C33H22N2. The van der Waals surface area contributed by atoms with E-state index in [9.17, 15) is 0 Å². The normalized spacial score (nSPS) is 14.9. The average molecular weight is 447 g/mol. The highest BCUT2D eigenvalue weighted by atomic mass is 15.2. The first-order valence-corrected chi connectivity index (χ1v) is 12.6. The molecule has 3 heterocycles. The summed E-state index contributed by atoms with van der Waals surface area (Å²) in [4.78, 5) is 7.15.